The molecular weight excluding hydrogens is 300 g/mol. The van der Waals surface area contributed by atoms with Crippen LogP contribution in [0.2, 0.25) is 0 Å². The van der Waals surface area contributed by atoms with Gasteiger partial charge in [-0.15, -0.1) is 0 Å². The molecule has 22 heavy (non-hydrogen) atoms. The molecule has 2 unspecified atom stereocenters. The fraction of sp³-hybridized carbons (Fsp3) is 0.562. The molecule has 0 radical (unpaired) electrons. The van der Waals surface area contributed by atoms with Crippen LogP contribution >= 0.6 is 0 Å². The highest BCUT2D eigenvalue weighted by Crippen LogP contribution is 2.23. The fourth-order valence-electron chi connectivity index (χ4n) is 2.79. The summed E-state index contributed by atoms with van der Waals surface area (Å²) in [7, 11) is -3.53. The number of rotatable bonds is 6. The number of benzene rings is 1. The molecule has 1 aliphatic rings. The second kappa shape index (κ2) is 7.74. The van der Waals surface area contributed by atoms with Crippen molar-refractivity contribution in [1.29, 1.82) is 0 Å². The third-order valence-electron chi connectivity index (χ3n) is 4.16. The standard InChI is InChI=1S/C16H24N2O3S/c1-13-7-5-6-10-15(13)18-16(19)11-12-17-22(20,21)14-8-3-2-4-9-14/h2-4,8-9,13,15,17H,5-7,10-12H2,1H3,(H,18,19). The van der Waals surface area contributed by atoms with E-state index in [0.717, 1.165) is 19.3 Å². The first-order valence-electron chi connectivity index (χ1n) is 7.83. The van der Waals surface area contributed by atoms with Gasteiger partial charge in [0.25, 0.3) is 0 Å². The van der Waals surface area contributed by atoms with Gasteiger partial charge >= 0.3 is 0 Å². The van der Waals surface area contributed by atoms with Crippen LogP contribution in [0.1, 0.15) is 39.0 Å². The van der Waals surface area contributed by atoms with E-state index in [2.05, 4.69) is 17.0 Å². The summed E-state index contributed by atoms with van der Waals surface area (Å²) in [6, 6.07) is 8.40. The highest BCUT2D eigenvalue weighted by Gasteiger charge is 2.22. The zero-order chi connectivity index (χ0) is 16.0. The molecule has 0 spiro atoms. The van der Waals surface area contributed by atoms with Crippen LogP contribution in [0.15, 0.2) is 35.2 Å². The van der Waals surface area contributed by atoms with Crippen LogP contribution in [0.25, 0.3) is 0 Å². The molecule has 0 bridgehead atoms. The summed E-state index contributed by atoms with van der Waals surface area (Å²) in [4.78, 5) is 12.2. The normalized spacial score (nSPS) is 22.2. The lowest BCUT2D eigenvalue weighted by Gasteiger charge is -2.29. The number of amides is 1. The third-order valence-corrected chi connectivity index (χ3v) is 5.63. The highest BCUT2D eigenvalue weighted by atomic mass is 32.2. The molecule has 1 aromatic carbocycles. The van der Waals surface area contributed by atoms with E-state index in [-0.39, 0.29) is 29.8 Å². The van der Waals surface area contributed by atoms with Crippen molar-refractivity contribution in [3.63, 3.8) is 0 Å². The number of nitrogens with one attached hydrogen (secondary N) is 2. The number of hydrogen-bond donors (Lipinski definition) is 2. The van der Waals surface area contributed by atoms with Gasteiger partial charge in [-0.2, -0.15) is 0 Å². The van der Waals surface area contributed by atoms with Crippen molar-refractivity contribution in [3.8, 4) is 0 Å². The van der Waals surface area contributed by atoms with Crippen LogP contribution in [0.3, 0.4) is 0 Å². The Hall–Kier alpha value is -1.40. The molecule has 0 heterocycles. The second-order valence-electron chi connectivity index (χ2n) is 5.90. The predicted octanol–water partition coefficient (Wildman–Crippen LogP) is 2.05. The zero-order valence-corrected chi connectivity index (χ0v) is 13.7. The van der Waals surface area contributed by atoms with Crippen molar-refractivity contribution < 1.29 is 13.2 Å². The van der Waals surface area contributed by atoms with Crippen LogP contribution in [0.5, 0.6) is 0 Å². The van der Waals surface area contributed by atoms with Crippen LogP contribution in [0, 0.1) is 5.92 Å². The van der Waals surface area contributed by atoms with Crippen molar-refractivity contribution in [2.24, 2.45) is 5.92 Å². The number of carbonyl (C=O) groups excluding carboxylic acids is 1. The van der Waals surface area contributed by atoms with Crippen molar-refractivity contribution >= 4 is 15.9 Å². The van der Waals surface area contributed by atoms with Gasteiger partial charge in [0.1, 0.15) is 0 Å². The molecule has 6 heteroatoms. The quantitative estimate of drug-likeness (QED) is 0.841. The molecule has 0 aromatic heterocycles. The lowest BCUT2D eigenvalue weighted by Crippen LogP contribution is -2.42. The van der Waals surface area contributed by atoms with Crippen molar-refractivity contribution in [1.82, 2.24) is 10.0 Å². The number of carbonyl (C=O) groups is 1. The molecule has 1 amide bonds. The summed E-state index contributed by atoms with van der Waals surface area (Å²) in [6.07, 6.45) is 4.70. The van der Waals surface area contributed by atoms with Crippen LogP contribution in [0.4, 0.5) is 0 Å². The maximum absolute atomic E-state index is 12.0. The van der Waals surface area contributed by atoms with Gasteiger partial charge < -0.3 is 5.32 Å². The van der Waals surface area contributed by atoms with E-state index in [9.17, 15) is 13.2 Å². The van der Waals surface area contributed by atoms with Gasteiger partial charge in [-0.3, -0.25) is 4.79 Å². The maximum atomic E-state index is 12.0. The summed E-state index contributed by atoms with van der Waals surface area (Å²) in [5, 5.41) is 3.02. The molecule has 1 fully saturated rings. The molecule has 2 N–H and O–H groups in total. The van der Waals surface area contributed by atoms with Gasteiger partial charge in [-0.1, -0.05) is 38.0 Å². The molecule has 0 aliphatic heterocycles. The fourth-order valence-corrected chi connectivity index (χ4v) is 3.84. The molecule has 1 aromatic rings. The first kappa shape index (κ1) is 17.0. The van der Waals surface area contributed by atoms with E-state index in [0.29, 0.717) is 5.92 Å². The topological polar surface area (TPSA) is 75.3 Å². The molecule has 0 saturated heterocycles. The Kier molecular flexibility index (Phi) is 5.97. The summed E-state index contributed by atoms with van der Waals surface area (Å²) >= 11 is 0. The van der Waals surface area contributed by atoms with Crippen molar-refractivity contribution in [2.45, 2.75) is 50.0 Å². The van der Waals surface area contributed by atoms with Crippen LogP contribution in [-0.2, 0) is 14.8 Å². The largest absolute Gasteiger partial charge is 0.353 e. The summed E-state index contributed by atoms with van der Waals surface area (Å²) in [6.45, 7) is 2.27. The van der Waals surface area contributed by atoms with Gasteiger partial charge in [-0.05, 0) is 30.9 Å². The van der Waals surface area contributed by atoms with Gasteiger partial charge in [0.05, 0.1) is 4.90 Å². The lowest BCUT2D eigenvalue weighted by molar-refractivity contribution is -0.122. The molecule has 2 atom stereocenters. The average Bonchev–Trinajstić information content (AvgIpc) is 2.50. The molecule has 122 valence electrons. The predicted molar refractivity (Wildman–Crippen MR) is 85.8 cm³/mol. The monoisotopic (exact) mass is 324 g/mol. The molecule has 2 rings (SSSR count). The molecule has 5 nitrogen and oxygen atoms in total. The lowest BCUT2D eigenvalue weighted by atomic mass is 9.86. The minimum absolute atomic E-state index is 0.0884. The van der Waals surface area contributed by atoms with E-state index in [1.807, 2.05) is 0 Å². The van der Waals surface area contributed by atoms with Crippen molar-refractivity contribution in [3.05, 3.63) is 30.3 Å². The van der Waals surface area contributed by atoms with Gasteiger partial charge in [0, 0.05) is 19.0 Å². The van der Waals surface area contributed by atoms with E-state index in [4.69, 9.17) is 0 Å². The van der Waals surface area contributed by atoms with E-state index < -0.39 is 10.0 Å². The summed E-state index contributed by atoms with van der Waals surface area (Å²) in [5.41, 5.74) is 0. The highest BCUT2D eigenvalue weighted by molar-refractivity contribution is 7.89. The average molecular weight is 324 g/mol. The maximum Gasteiger partial charge on any atom is 0.240 e. The minimum atomic E-state index is -3.53. The second-order valence-corrected chi connectivity index (χ2v) is 7.66. The van der Waals surface area contributed by atoms with Crippen LogP contribution < -0.4 is 10.0 Å². The van der Waals surface area contributed by atoms with Gasteiger partial charge in [0.2, 0.25) is 15.9 Å². The first-order valence-corrected chi connectivity index (χ1v) is 9.31. The van der Waals surface area contributed by atoms with E-state index in [1.165, 1.54) is 18.6 Å². The Labute approximate surface area is 132 Å². The summed E-state index contributed by atoms with van der Waals surface area (Å²) < 4.78 is 26.5. The smallest absolute Gasteiger partial charge is 0.240 e. The van der Waals surface area contributed by atoms with Crippen molar-refractivity contribution in [2.75, 3.05) is 6.54 Å². The van der Waals surface area contributed by atoms with Gasteiger partial charge in [-0.25, -0.2) is 13.1 Å². The molecule has 1 aliphatic carbocycles. The van der Waals surface area contributed by atoms with E-state index >= 15 is 0 Å². The molecule has 1 saturated carbocycles. The number of hydrogen-bond acceptors (Lipinski definition) is 3. The summed E-state index contributed by atoms with van der Waals surface area (Å²) in [5.74, 6) is 0.410. The van der Waals surface area contributed by atoms with Crippen LogP contribution in [-0.4, -0.2) is 26.9 Å². The Morgan fingerprint density at radius 1 is 1.18 bits per heavy atom. The Balaban J connectivity index is 1.77. The van der Waals surface area contributed by atoms with E-state index in [1.54, 1.807) is 18.2 Å². The minimum Gasteiger partial charge on any atom is -0.353 e. The SMILES string of the molecule is CC1CCCCC1NC(=O)CCNS(=O)(=O)c1ccccc1. The zero-order valence-electron chi connectivity index (χ0n) is 12.9. The first-order chi connectivity index (χ1) is 10.5. The third kappa shape index (κ3) is 4.81. The number of sulfonamides is 1. The Morgan fingerprint density at radius 2 is 1.86 bits per heavy atom. The van der Waals surface area contributed by atoms with Gasteiger partial charge in [0.15, 0.2) is 0 Å². The molecular formula is C16H24N2O3S. The Bertz CT molecular complexity index is 587. The Morgan fingerprint density at radius 3 is 2.55 bits per heavy atom.